The van der Waals surface area contributed by atoms with Crippen molar-refractivity contribution >= 4 is 0 Å². The Labute approximate surface area is 92.1 Å². The summed E-state index contributed by atoms with van der Waals surface area (Å²) in [7, 11) is 0. The largest absolute Gasteiger partial charge is 0.310 e. The van der Waals surface area contributed by atoms with Gasteiger partial charge in [-0.2, -0.15) is 0 Å². The van der Waals surface area contributed by atoms with Crippen LogP contribution in [-0.4, -0.2) is 11.0 Å². The molecular weight excluding hydrogens is 184 g/mol. The van der Waals surface area contributed by atoms with Crippen LogP contribution in [0.2, 0.25) is 0 Å². The standard InChI is InChI=1S/C13H20N2/c1-2-13(8-11-5-6-11)15-10-12-4-3-7-14-9-12/h3-4,7,9,11,13,15H,2,5-6,8,10H2,1H3. The molecule has 0 radical (unpaired) electrons. The lowest BCUT2D eigenvalue weighted by Gasteiger charge is -2.16. The molecule has 0 amide bonds. The van der Waals surface area contributed by atoms with Gasteiger partial charge in [0, 0.05) is 25.0 Å². The van der Waals surface area contributed by atoms with Crippen LogP contribution < -0.4 is 5.32 Å². The fourth-order valence-electron chi connectivity index (χ4n) is 1.92. The second-order valence-corrected chi connectivity index (χ2v) is 4.53. The second-order valence-electron chi connectivity index (χ2n) is 4.53. The van der Waals surface area contributed by atoms with E-state index in [2.05, 4.69) is 23.3 Å². The van der Waals surface area contributed by atoms with E-state index in [1.54, 1.807) is 0 Å². The van der Waals surface area contributed by atoms with E-state index in [1.165, 1.54) is 31.2 Å². The highest BCUT2D eigenvalue weighted by Crippen LogP contribution is 2.34. The fraction of sp³-hybridized carbons (Fsp3) is 0.615. The highest BCUT2D eigenvalue weighted by molar-refractivity contribution is 5.08. The maximum absolute atomic E-state index is 4.12. The summed E-state index contributed by atoms with van der Waals surface area (Å²) < 4.78 is 0. The summed E-state index contributed by atoms with van der Waals surface area (Å²) in [5.74, 6) is 1.01. The molecule has 15 heavy (non-hydrogen) atoms. The van der Waals surface area contributed by atoms with Crippen LogP contribution in [-0.2, 0) is 6.54 Å². The fourth-order valence-corrected chi connectivity index (χ4v) is 1.92. The molecule has 1 saturated carbocycles. The number of hydrogen-bond acceptors (Lipinski definition) is 2. The van der Waals surface area contributed by atoms with Gasteiger partial charge in [0.05, 0.1) is 0 Å². The molecule has 0 spiro atoms. The molecule has 2 nitrogen and oxygen atoms in total. The Kier molecular flexibility index (Phi) is 3.73. The molecule has 82 valence electrons. The molecule has 1 aliphatic carbocycles. The predicted molar refractivity (Wildman–Crippen MR) is 62.5 cm³/mol. The van der Waals surface area contributed by atoms with E-state index < -0.39 is 0 Å². The van der Waals surface area contributed by atoms with Crippen LogP contribution in [0.15, 0.2) is 24.5 Å². The summed E-state index contributed by atoms with van der Waals surface area (Å²) in [4.78, 5) is 4.12. The van der Waals surface area contributed by atoms with Gasteiger partial charge in [0.25, 0.3) is 0 Å². The van der Waals surface area contributed by atoms with Crippen LogP contribution >= 0.6 is 0 Å². The van der Waals surface area contributed by atoms with E-state index in [9.17, 15) is 0 Å². The molecule has 2 rings (SSSR count). The summed E-state index contributed by atoms with van der Waals surface area (Å²) in [6.07, 6.45) is 9.26. The van der Waals surface area contributed by atoms with Crippen molar-refractivity contribution in [2.45, 2.75) is 45.2 Å². The summed E-state index contributed by atoms with van der Waals surface area (Å²) in [5, 5.41) is 3.62. The first-order chi connectivity index (χ1) is 7.38. The third kappa shape index (κ3) is 3.63. The molecule has 1 unspecified atom stereocenters. The van der Waals surface area contributed by atoms with E-state index in [-0.39, 0.29) is 0 Å². The molecule has 1 heterocycles. The van der Waals surface area contributed by atoms with Crippen molar-refractivity contribution in [2.24, 2.45) is 5.92 Å². The Morgan fingerprint density at radius 3 is 3.00 bits per heavy atom. The van der Waals surface area contributed by atoms with Crippen molar-refractivity contribution < 1.29 is 0 Å². The normalized spacial score (nSPS) is 17.7. The van der Waals surface area contributed by atoms with Crippen molar-refractivity contribution in [1.82, 2.24) is 10.3 Å². The average molecular weight is 204 g/mol. The minimum absolute atomic E-state index is 0.692. The first-order valence-electron chi connectivity index (χ1n) is 6.00. The van der Waals surface area contributed by atoms with E-state index in [0.29, 0.717) is 6.04 Å². The van der Waals surface area contributed by atoms with E-state index in [4.69, 9.17) is 0 Å². The van der Waals surface area contributed by atoms with Gasteiger partial charge in [0.15, 0.2) is 0 Å². The van der Waals surface area contributed by atoms with Crippen LogP contribution in [0.5, 0.6) is 0 Å². The first-order valence-corrected chi connectivity index (χ1v) is 6.00. The molecule has 0 saturated heterocycles. The minimum Gasteiger partial charge on any atom is -0.310 e. The van der Waals surface area contributed by atoms with Gasteiger partial charge in [-0.25, -0.2) is 0 Å². The zero-order valence-electron chi connectivity index (χ0n) is 9.45. The summed E-state index contributed by atoms with van der Waals surface area (Å²) in [6.45, 7) is 3.22. The Morgan fingerprint density at radius 2 is 2.40 bits per heavy atom. The minimum atomic E-state index is 0.692. The molecule has 0 aromatic carbocycles. The van der Waals surface area contributed by atoms with Gasteiger partial charge in [-0.3, -0.25) is 4.98 Å². The summed E-state index contributed by atoms with van der Waals surface area (Å²) in [6, 6.07) is 4.82. The molecule has 1 aliphatic rings. The SMILES string of the molecule is CCC(CC1CC1)NCc1cccnc1. The highest BCUT2D eigenvalue weighted by Gasteiger charge is 2.24. The monoisotopic (exact) mass is 204 g/mol. The number of hydrogen-bond donors (Lipinski definition) is 1. The molecule has 0 bridgehead atoms. The topological polar surface area (TPSA) is 24.9 Å². The number of rotatable bonds is 6. The van der Waals surface area contributed by atoms with Crippen molar-refractivity contribution in [3.8, 4) is 0 Å². The maximum atomic E-state index is 4.12. The number of pyridine rings is 1. The molecule has 1 atom stereocenters. The Hall–Kier alpha value is -0.890. The third-order valence-corrected chi connectivity index (χ3v) is 3.13. The molecule has 1 N–H and O–H groups in total. The van der Waals surface area contributed by atoms with Gasteiger partial charge < -0.3 is 5.32 Å². The molecule has 1 fully saturated rings. The second kappa shape index (κ2) is 5.26. The van der Waals surface area contributed by atoms with Crippen molar-refractivity contribution in [2.75, 3.05) is 0 Å². The van der Waals surface area contributed by atoms with Crippen molar-refractivity contribution in [3.63, 3.8) is 0 Å². The van der Waals surface area contributed by atoms with Gasteiger partial charge in [-0.15, -0.1) is 0 Å². The Balaban J connectivity index is 1.75. The zero-order chi connectivity index (χ0) is 10.5. The molecule has 1 aromatic rings. The van der Waals surface area contributed by atoms with E-state index >= 15 is 0 Å². The Morgan fingerprint density at radius 1 is 1.53 bits per heavy atom. The zero-order valence-corrected chi connectivity index (χ0v) is 9.45. The van der Waals surface area contributed by atoms with E-state index in [1.807, 2.05) is 18.5 Å². The van der Waals surface area contributed by atoms with Gasteiger partial charge in [-0.1, -0.05) is 25.8 Å². The van der Waals surface area contributed by atoms with Crippen LogP contribution in [0.3, 0.4) is 0 Å². The quantitative estimate of drug-likeness (QED) is 0.770. The molecule has 2 heteroatoms. The smallest absolute Gasteiger partial charge is 0.0312 e. The lowest BCUT2D eigenvalue weighted by atomic mass is 10.1. The maximum Gasteiger partial charge on any atom is 0.0312 e. The first kappa shape index (κ1) is 10.6. The lowest BCUT2D eigenvalue weighted by Crippen LogP contribution is -2.28. The molecular formula is C13H20N2. The third-order valence-electron chi connectivity index (χ3n) is 3.13. The van der Waals surface area contributed by atoms with Crippen LogP contribution in [0, 0.1) is 5.92 Å². The number of aromatic nitrogens is 1. The van der Waals surface area contributed by atoms with Crippen molar-refractivity contribution in [1.29, 1.82) is 0 Å². The number of nitrogens with one attached hydrogen (secondary N) is 1. The van der Waals surface area contributed by atoms with Gasteiger partial charge in [-0.05, 0) is 30.4 Å². The average Bonchev–Trinajstić information content (AvgIpc) is 3.09. The predicted octanol–water partition coefficient (Wildman–Crippen LogP) is 2.75. The highest BCUT2D eigenvalue weighted by atomic mass is 14.9. The van der Waals surface area contributed by atoms with Gasteiger partial charge >= 0.3 is 0 Å². The van der Waals surface area contributed by atoms with Gasteiger partial charge in [0.1, 0.15) is 0 Å². The Bertz CT molecular complexity index is 280. The number of nitrogens with zero attached hydrogens (tertiary/aromatic N) is 1. The van der Waals surface area contributed by atoms with Crippen LogP contribution in [0.4, 0.5) is 0 Å². The molecule has 1 aromatic heterocycles. The lowest BCUT2D eigenvalue weighted by molar-refractivity contribution is 0.444. The van der Waals surface area contributed by atoms with Gasteiger partial charge in [0.2, 0.25) is 0 Å². The molecule has 0 aliphatic heterocycles. The van der Waals surface area contributed by atoms with Crippen LogP contribution in [0.25, 0.3) is 0 Å². The van der Waals surface area contributed by atoms with Crippen molar-refractivity contribution in [3.05, 3.63) is 30.1 Å². The summed E-state index contributed by atoms with van der Waals surface area (Å²) >= 11 is 0. The summed E-state index contributed by atoms with van der Waals surface area (Å²) in [5.41, 5.74) is 1.28. The van der Waals surface area contributed by atoms with E-state index in [0.717, 1.165) is 12.5 Å². The van der Waals surface area contributed by atoms with Crippen LogP contribution in [0.1, 0.15) is 38.2 Å².